The lowest BCUT2D eigenvalue weighted by molar-refractivity contribution is -0.128. The minimum Gasteiger partial charge on any atom is -0.497 e. The van der Waals surface area contributed by atoms with E-state index in [1.165, 1.54) is 22.7 Å². The highest BCUT2D eigenvalue weighted by molar-refractivity contribution is 8.13. The SMILES string of the molecule is COc1ccc(CNC(=O)C[C@@H]2N=C3c4ccccc4N=C(SCc4ccccc4F)N3C2=O)cc1. The first-order valence-corrected chi connectivity index (χ1v) is 12.4. The Kier molecular flexibility index (Phi) is 6.81. The molecule has 0 unspecified atom stereocenters. The summed E-state index contributed by atoms with van der Waals surface area (Å²) in [5.41, 5.74) is 2.84. The van der Waals surface area contributed by atoms with Crippen molar-refractivity contribution in [2.24, 2.45) is 9.98 Å². The number of ether oxygens (including phenoxy) is 1. The van der Waals surface area contributed by atoms with Crippen LogP contribution in [0, 0.1) is 5.82 Å². The van der Waals surface area contributed by atoms with Gasteiger partial charge in [-0.05, 0) is 41.5 Å². The van der Waals surface area contributed by atoms with Crippen molar-refractivity contribution in [3.05, 3.63) is 95.3 Å². The van der Waals surface area contributed by atoms with Crippen molar-refractivity contribution >= 4 is 40.3 Å². The second-order valence-corrected chi connectivity index (χ2v) is 9.21. The topological polar surface area (TPSA) is 83.4 Å². The number of benzene rings is 3. The quantitative estimate of drug-likeness (QED) is 0.518. The number of amidine groups is 2. The number of thioether (sulfide) groups is 1. The van der Waals surface area contributed by atoms with E-state index in [0.717, 1.165) is 16.9 Å². The van der Waals surface area contributed by atoms with Gasteiger partial charge in [-0.1, -0.05) is 54.2 Å². The molecule has 0 fully saturated rings. The normalized spacial score (nSPS) is 16.1. The average molecular weight is 503 g/mol. The number of nitrogens with one attached hydrogen (secondary N) is 1. The fraction of sp³-hybridized carbons (Fsp3) is 0.185. The van der Waals surface area contributed by atoms with Gasteiger partial charge in [0.1, 0.15) is 23.4 Å². The van der Waals surface area contributed by atoms with Crippen LogP contribution in [0.25, 0.3) is 0 Å². The predicted molar refractivity (Wildman–Crippen MR) is 138 cm³/mol. The molecule has 7 nitrogen and oxygen atoms in total. The van der Waals surface area contributed by atoms with E-state index in [1.807, 2.05) is 48.5 Å². The summed E-state index contributed by atoms with van der Waals surface area (Å²) in [6.07, 6.45) is -0.0809. The smallest absolute Gasteiger partial charge is 0.259 e. The Hall–Kier alpha value is -3.98. The third kappa shape index (κ3) is 4.87. The Balaban J connectivity index is 1.31. The average Bonchev–Trinajstić information content (AvgIpc) is 3.23. The molecule has 3 aromatic carbocycles. The maximum Gasteiger partial charge on any atom is 0.259 e. The van der Waals surface area contributed by atoms with Crippen LogP contribution in [-0.2, 0) is 21.9 Å². The number of hydrogen-bond acceptors (Lipinski definition) is 6. The molecule has 9 heteroatoms. The number of nitrogens with zero attached hydrogens (tertiary/aromatic N) is 3. The van der Waals surface area contributed by atoms with Crippen molar-refractivity contribution in [2.45, 2.75) is 24.8 Å². The molecule has 0 saturated heterocycles. The summed E-state index contributed by atoms with van der Waals surface area (Å²) in [5.74, 6) is 0.597. The third-order valence-corrected chi connectivity index (χ3v) is 6.88. The maximum absolute atomic E-state index is 14.2. The number of carbonyl (C=O) groups is 2. The number of amides is 2. The summed E-state index contributed by atoms with van der Waals surface area (Å²) < 4.78 is 19.3. The van der Waals surface area contributed by atoms with E-state index in [-0.39, 0.29) is 24.1 Å². The summed E-state index contributed by atoms with van der Waals surface area (Å²) in [6.45, 7) is 0.331. The molecule has 2 heterocycles. The molecule has 0 radical (unpaired) electrons. The zero-order valence-corrected chi connectivity index (χ0v) is 20.3. The van der Waals surface area contributed by atoms with Crippen LogP contribution in [-0.4, -0.2) is 40.9 Å². The van der Waals surface area contributed by atoms with Crippen molar-refractivity contribution in [1.29, 1.82) is 0 Å². The van der Waals surface area contributed by atoms with E-state index in [1.54, 1.807) is 25.3 Å². The van der Waals surface area contributed by atoms with Crippen LogP contribution in [0.15, 0.2) is 82.8 Å². The lowest BCUT2D eigenvalue weighted by atomic mass is 10.1. The zero-order chi connectivity index (χ0) is 25.1. The van der Waals surface area contributed by atoms with E-state index in [2.05, 4.69) is 15.3 Å². The number of fused-ring (bicyclic) bond motifs is 3. The highest BCUT2D eigenvalue weighted by Crippen LogP contribution is 2.35. The summed E-state index contributed by atoms with van der Waals surface area (Å²) in [6, 6.07) is 20.4. The number of methoxy groups -OCH3 is 1. The zero-order valence-electron chi connectivity index (χ0n) is 19.5. The lowest BCUT2D eigenvalue weighted by Crippen LogP contribution is -2.42. The Morgan fingerprint density at radius 3 is 2.61 bits per heavy atom. The van der Waals surface area contributed by atoms with Gasteiger partial charge in [0.05, 0.1) is 19.2 Å². The first-order valence-electron chi connectivity index (χ1n) is 11.4. The lowest BCUT2D eigenvalue weighted by Gasteiger charge is -2.25. The van der Waals surface area contributed by atoms with Gasteiger partial charge in [-0.15, -0.1) is 0 Å². The molecule has 0 bridgehead atoms. The molecule has 182 valence electrons. The van der Waals surface area contributed by atoms with Crippen molar-refractivity contribution in [1.82, 2.24) is 10.2 Å². The Labute approximate surface area is 212 Å². The third-order valence-electron chi connectivity index (χ3n) is 5.89. The van der Waals surface area contributed by atoms with Gasteiger partial charge in [0.25, 0.3) is 5.91 Å². The number of halogens is 1. The molecular formula is C27H23FN4O3S. The second kappa shape index (κ2) is 10.3. The van der Waals surface area contributed by atoms with Crippen LogP contribution < -0.4 is 10.1 Å². The number of hydrogen-bond donors (Lipinski definition) is 1. The Morgan fingerprint density at radius 2 is 1.83 bits per heavy atom. The van der Waals surface area contributed by atoms with Crippen LogP contribution >= 0.6 is 11.8 Å². The molecule has 0 spiro atoms. The van der Waals surface area contributed by atoms with E-state index in [4.69, 9.17) is 4.74 Å². The van der Waals surface area contributed by atoms with Crippen LogP contribution in [0.2, 0.25) is 0 Å². The van der Waals surface area contributed by atoms with Gasteiger partial charge in [-0.3, -0.25) is 14.6 Å². The van der Waals surface area contributed by atoms with E-state index >= 15 is 0 Å². The van der Waals surface area contributed by atoms with Crippen molar-refractivity contribution in [3.63, 3.8) is 0 Å². The number of para-hydroxylation sites is 1. The Bertz CT molecular complexity index is 1370. The van der Waals surface area contributed by atoms with Gasteiger partial charge < -0.3 is 10.1 Å². The first kappa shape index (κ1) is 23.7. The molecule has 36 heavy (non-hydrogen) atoms. The highest BCUT2D eigenvalue weighted by Gasteiger charge is 2.42. The van der Waals surface area contributed by atoms with Crippen molar-refractivity contribution in [3.8, 4) is 5.75 Å². The molecule has 2 aliphatic rings. The highest BCUT2D eigenvalue weighted by atomic mass is 32.2. The molecule has 3 aromatic rings. The summed E-state index contributed by atoms with van der Waals surface area (Å²) in [7, 11) is 1.59. The summed E-state index contributed by atoms with van der Waals surface area (Å²) in [5, 5.41) is 3.27. The molecular weight excluding hydrogens is 479 g/mol. The fourth-order valence-electron chi connectivity index (χ4n) is 3.98. The second-order valence-electron chi connectivity index (χ2n) is 8.26. The first-order chi connectivity index (χ1) is 17.5. The minimum atomic E-state index is -0.860. The van der Waals surface area contributed by atoms with E-state index < -0.39 is 6.04 Å². The van der Waals surface area contributed by atoms with Gasteiger partial charge >= 0.3 is 0 Å². The molecule has 5 rings (SSSR count). The predicted octanol–water partition coefficient (Wildman–Crippen LogP) is 4.43. The summed E-state index contributed by atoms with van der Waals surface area (Å²) in [4.78, 5) is 36.8. The van der Waals surface area contributed by atoms with E-state index in [9.17, 15) is 14.0 Å². The molecule has 0 aromatic heterocycles. The van der Waals surface area contributed by atoms with Crippen molar-refractivity contribution < 1.29 is 18.7 Å². The number of aliphatic imine (C=N–C) groups is 2. The number of carbonyl (C=O) groups excluding carboxylic acids is 2. The molecule has 0 saturated carbocycles. The van der Waals surface area contributed by atoms with E-state index in [0.29, 0.717) is 34.6 Å². The van der Waals surface area contributed by atoms with Crippen molar-refractivity contribution in [2.75, 3.05) is 7.11 Å². The maximum atomic E-state index is 14.2. The molecule has 1 N–H and O–H groups in total. The van der Waals surface area contributed by atoms with Gasteiger partial charge in [0.15, 0.2) is 5.17 Å². The molecule has 0 aliphatic carbocycles. The van der Waals surface area contributed by atoms with Gasteiger partial charge in [-0.2, -0.15) is 0 Å². The molecule has 2 amide bonds. The standard InChI is InChI=1S/C27H23FN4O3S/c1-35-19-12-10-17(11-13-19)15-29-24(33)14-23-26(34)32-25(30-23)20-7-3-5-9-22(20)31-27(32)36-16-18-6-2-4-8-21(18)28/h2-13,23H,14-16H2,1H3,(H,29,33)/t23-/m0/s1. The fourth-order valence-corrected chi connectivity index (χ4v) is 4.97. The van der Waals surface area contributed by atoms with Crippen LogP contribution in [0.1, 0.15) is 23.1 Å². The van der Waals surface area contributed by atoms with Crippen LogP contribution in [0.3, 0.4) is 0 Å². The monoisotopic (exact) mass is 502 g/mol. The van der Waals surface area contributed by atoms with Crippen LogP contribution in [0.5, 0.6) is 5.75 Å². The Morgan fingerprint density at radius 1 is 1.08 bits per heavy atom. The van der Waals surface area contributed by atoms with Crippen LogP contribution in [0.4, 0.5) is 10.1 Å². The van der Waals surface area contributed by atoms with Gasteiger partial charge in [0, 0.05) is 17.9 Å². The number of rotatable bonds is 7. The minimum absolute atomic E-state index is 0.0809. The molecule has 2 aliphatic heterocycles. The van der Waals surface area contributed by atoms with Gasteiger partial charge in [0.2, 0.25) is 5.91 Å². The largest absolute Gasteiger partial charge is 0.497 e. The molecule has 1 atom stereocenters. The van der Waals surface area contributed by atoms with Gasteiger partial charge in [-0.25, -0.2) is 14.3 Å². The summed E-state index contributed by atoms with van der Waals surface area (Å²) >= 11 is 1.26.